The summed E-state index contributed by atoms with van der Waals surface area (Å²) in [6.45, 7) is 2.63. The minimum atomic E-state index is 0.444. The number of anilines is 2. The third-order valence-corrected chi connectivity index (χ3v) is 5.43. The van der Waals surface area contributed by atoms with Gasteiger partial charge in [-0.05, 0) is 31.2 Å². The lowest BCUT2D eigenvalue weighted by atomic mass is 9.96. The Hall–Kier alpha value is -2.61. The molecule has 140 valence electrons. The fourth-order valence-electron chi connectivity index (χ4n) is 3.53. The summed E-state index contributed by atoms with van der Waals surface area (Å²) >= 11 is 1.51. The van der Waals surface area contributed by atoms with E-state index in [1.165, 1.54) is 11.8 Å². The Morgan fingerprint density at radius 1 is 1.15 bits per heavy atom. The third kappa shape index (κ3) is 4.05. The Labute approximate surface area is 163 Å². The highest BCUT2D eigenvalue weighted by atomic mass is 32.2. The van der Waals surface area contributed by atoms with E-state index in [0.29, 0.717) is 11.7 Å². The van der Waals surface area contributed by atoms with E-state index >= 15 is 0 Å². The smallest absolute Gasteiger partial charge is 0.191 e. The number of nitrogen functional groups attached to an aromatic ring is 1. The summed E-state index contributed by atoms with van der Waals surface area (Å²) in [6, 6.07) is 7.88. The fourth-order valence-corrected chi connectivity index (χ4v) is 3.91. The molecule has 8 heteroatoms. The summed E-state index contributed by atoms with van der Waals surface area (Å²) in [6.07, 6.45) is 9.81. The van der Waals surface area contributed by atoms with Gasteiger partial charge in [0.15, 0.2) is 5.16 Å². The van der Waals surface area contributed by atoms with Gasteiger partial charge in [0.1, 0.15) is 17.5 Å². The second-order valence-electron chi connectivity index (χ2n) is 6.63. The average Bonchev–Trinajstić information content (AvgIpc) is 3.16. The van der Waals surface area contributed by atoms with Crippen LogP contribution in [0.25, 0.3) is 0 Å². The molecule has 1 fully saturated rings. The first-order valence-corrected chi connectivity index (χ1v) is 10.3. The number of aromatic nitrogens is 5. The third-order valence-electron chi connectivity index (χ3n) is 4.88. The molecule has 2 N–H and O–H groups in total. The Morgan fingerprint density at radius 3 is 2.74 bits per heavy atom. The van der Waals surface area contributed by atoms with E-state index in [4.69, 9.17) is 5.73 Å². The monoisotopic (exact) mass is 381 g/mol. The number of pyridine rings is 1. The maximum atomic E-state index is 5.93. The van der Waals surface area contributed by atoms with Crippen LogP contribution in [0, 0.1) is 0 Å². The summed E-state index contributed by atoms with van der Waals surface area (Å²) in [4.78, 5) is 20.2. The largest absolute Gasteiger partial charge is 0.383 e. The van der Waals surface area contributed by atoms with Crippen molar-refractivity contribution in [1.29, 1.82) is 0 Å². The number of nitrogens with two attached hydrogens (primary N) is 1. The molecule has 4 rings (SSSR count). The van der Waals surface area contributed by atoms with Crippen molar-refractivity contribution in [1.82, 2.24) is 24.5 Å². The number of hydrogen-bond donors (Lipinski definition) is 1. The highest BCUT2D eigenvalue weighted by molar-refractivity contribution is 7.98. The van der Waals surface area contributed by atoms with Crippen molar-refractivity contribution < 1.29 is 0 Å². The van der Waals surface area contributed by atoms with E-state index in [2.05, 4.69) is 35.5 Å². The SMILES string of the molecule is CSc1nc(N)cc(N2CCC(c3nccn3Cc3ccccn3)CC2)n1. The van der Waals surface area contributed by atoms with Crippen LogP contribution in [-0.4, -0.2) is 43.8 Å². The number of imidazole rings is 1. The first kappa shape index (κ1) is 17.8. The molecule has 0 saturated carbocycles. The van der Waals surface area contributed by atoms with Crippen LogP contribution in [0.1, 0.15) is 30.3 Å². The van der Waals surface area contributed by atoms with E-state index in [9.17, 15) is 0 Å². The summed E-state index contributed by atoms with van der Waals surface area (Å²) < 4.78 is 2.22. The predicted octanol–water partition coefficient (Wildman–Crippen LogP) is 2.80. The van der Waals surface area contributed by atoms with E-state index in [1.807, 2.05) is 43.0 Å². The van der Waals surface area contributed by atoms with Crippen molar-refractivity contribution in [2.45, 2.75) is 30.5 Å². The zero-order chi connectivity index (χ0) is 18.6. The van der Waals surface area contributed by atoms with Crippen LogP contribution < -0.4 is 10.6 Å². The Kier molecular flexibility index (Phi) is 5.24. The Bertz CT molecular complexity index is 888. The van der Waals surface area contributed by atoms with Crippen molar-refractivity contribution >= 4 is 23.4 Å². The summed E-state index contributed by atoms with van der Waals surface area (Å²) in [5, 5.41) is 0.720. The highest BCUT2D eigenvalue weighted by Gasteiger charge is 2.25. The topological polar surface area (TPSA) is 85.8 Å². The van der Waals surface area contributed by atoms with Crippen LogP contribution in [0.2, 0.25) is 0 Å². The zero-order valence-corrected chi connectivity index (χ0v) is 16.1. The van der Waals surface area contributed by atoms with Gasteiger partial charge in [0.2, 0.25) is 0 Å². The molecule has 0 radical (unpaired) electrons. The molecule has 7 nitrogen and oxygen atoms in total. The van der Waals surface area contributed by atoms with Crippen LogP contribution >= 0.6 is 11.8 Å². The molecule has 27 heavy (non-hydrogen) atoms. The predicted molar refractivity (Wildman–Crippen MR) is 108 cm³/mol. The van der Waals surface area contributed by atoms with Gasteiger partial charge in [0.25, 0.3) is 0 Å². The maximum absolute atomic E-state index is 5.93. The molecule has 3 aromatic heterocycles. The Balaban J connectivity index is 1.44. The van der Waals surface area contributed by atoms with Gasteiger partial charge in [-0.1, -0.05) is 17.8 Å². The van der Waals surface area contributed by atoms with E-state index in [1.54, 1.807) is 0 Å². The molecule has 3 aromatic rings. The molecule has 0 unspecified atom stereocenters. The molecule has 0 spiro atoms. The molecule has 1 saturated heterocycles. The van der Waals surface area contributed by atoms with Gasteiger partial charge in [0.05, 0.1) is 12.2 Å². The fraction of sp³-hybridized carbons (Fsp3) is 0.368. The zero-order valence-electron chi connectivity index (χ0n) is 15.3. The van der Waals surface area contributed by atoms with Crippen molar-refractivity contribution in [3.63, 3.8) is 0 Å². The van der Waals surface area contributed by atoms with Gasteiger partial charge in [-0.15, -0.1) is 0 Å². The first-order valence-electron chi connectivity index (χ1n) is 9.07. The lowest BCUT2D eigenvalue weighted by Crippen LogP contribution is -2.34. The van der Waals surface area contributed by atoms with Gasteiger partial charge >= 0.3 is 0 Å². The quantitative estimate of drug-likeness (QED) is 0.537. The molecule has 0 aromatic carbocycles. The van der Waals surface area contributed by atoms with Gasteiger partial charge < -0.3 is 15.2 Å². The van der Waals surface area contributed by atoms with Gasteiger partial charge in [-0.3, -0.25) is 4.98 Å². The minimum Gasteiger partial charge on any atom is -0.383 e. The summed E-state index contributed by atoms with van der Waals surface area (Å²) in [7, 11) is 0. The second kappa shape index (κ2) is 7.96. The molecule has 0 aliphatic carbocycles. The highest BCUT2D eigenvalue weighted by Crippen LogP contribution is 2.30. The molecule has 1 aliphatic heterocycles. The molecule has 0 bridgehead atoms. The molecule has 0 amide bonds. The number of rotatable bonds is 5. The van der Waals surface area contributed by atoms with E-state index in [-0.39, 0.29) is 0 Å². The van der Waals surface area contributed by atoms with Crippen LogP contribution in [0.4, 0.5) is 11.6 Å². The van der Waals surface area contributed by atoms with Gasteiger partial charge in [-0.25, -0.2) is 15.0 Å². The van der Waals surface area contributed by atoms with E-state index in [0.717, 1.165) is 55.0 Å². The number of thioether (sulfide) groups is 1. The molecular formula is C19H23N7S. The van der Waals surface area contributed by atoms with Crippen molar-refractivity contribution in [2.24, 2.45) is 0 Å². The van der Waals surface area contributed by atoms with Crippen molar-refractivity contribution in [2.75, 3.05) is 30.0 Å². The second-order valence-corrected chi connectivity index (χ2v) is 7.41. The molecule has 1 aliphatic rings. The lowest BCUT2D eigenvalue weighted by Gasteiger charge is -2.32. The number of hydrogen-bond acceptors (Lipinski definition) is 7. The van der Waals surface area contributed by atoms with Crippen LogP contribution in [0.15, 0.2) is 48.0 Å². The van der Waals surface area contributed by atoms with Crippen LogP contribution in [0.5, 0.6) is 0 Å². The maximum Gasteiger partial charge on any atom is 0.191 e. The summed E-state index contributed by atoms with van der Waals surface area (Å²) in [5.74, 6) is 3.03. The summed E-state index contributed by atoms with van der Waals surface area (Å²) in [5.41, 5.74) is 6.98. The number of nitrogens with zero attached hydrogens (tertiary/aromatic N) is 6. The van der Waals surface area contributed by atoms with Crippen molar-refractivity contribution in [3.8, 4) is 0 Å². The van der Waals surface area contributed by atoms with Crippen LogP contribution in [0.3, 0.4) is 0 Å². The van der Waals surface area contributed by atoms with Crippen LogP contribution in [-0.2, 0) is 6.54 Å². The average molecular weight is 382 g/mol. The van der Waals surface area contributed by atoms with E-state index < -0.39 is 0 Å². The molecular weight excluding hydrogens is 358 g/mol. The normalized spacial score (nSPS) is 15.2. The Morgan fingerprint density at radius 2 is 2.00 bits per heavy atom. The van der Waals surface area contributed by atoms with Gasteiger partial charge in [0, 0.05) is 43.7 Å². The minimum absolute atomic E-state index is 0.444. The first-order chi connectivity index (χ1) is 13.2. The standard InChI is InChI=1S/C19H23N7S/c1-27-19-23-16(20)12-17(24-19)25-9-5-14(6-10-25)18-22-8-11-26(18)13-15-4-2-3-7-21-15/h2-4,7-8,11-12,14H,5-6,9-10,13H2,1H3,(H2,20,23,24). The lowest BCUT2D eigenvalue weighted by molar-refractivity contribution is 0.467. The molecule has 4 heterocycles. The van der Waals surface area contributed by atoms with Gasteiger partial charge in [-0.2, -0.15) is 0 Å². The van der Waals surface area contributed by atoms with Crippen molar-refractivity contribution in [3.05, 3.63) is 54.4 Å². The molecule has 0 atom stereocenters. The number of piperidine rings is 1.